The zero-order chi connectivity index (χ0) is 15.0. The minimum atomic E-state index is -0.733. The van der Waals surface area contributed by atoms with E-state index in [0.717, 1.165) is 25.3 Å². The number of hydrogen-bond acceptors (Lipinski definition) is 3. The molecular weight excluding hydrogens is 254 g/mol. The Kier molecular flexibility index (Phi) is 7.09. The minimum absolute atomic E-state index is 0.223. The molecule has 1 aromatic carbocycles. The van der Waals surface area contributed by atoms with Gasteiger partial charge < -0.3 is 9.84 Å². The Morgan fingerprint density at radius 1 is 1.35 bits per heavy atom. The smallest absolute Gasteiger partial charge is 0.303 e. The highest BCUT2D eigenvalue weighted by Gasteiger charge is 2.11. The summed E-state index contributed by atoms with van der Waals surface area (Å²) in [6.07, 6.45) is 1.90. The summed E-state index contributed by atoms with van der Waals surface area (Å²) >= 11 is 0. The van der Waals surface area contributed by atoms with Crippen LogP contribution in [0, 0.1) is 0 Å². The zero-order valence-electron chi connectivity index (χ0n) is 12.6. The van der Waals surface area contributed by atoms with Crippen molar-refractivity contribution in [2.75, 3.05) is 20.2 Å². The fourth-order valence-electron chi connectivity index (χ4n) is 1.99. The quantitative estimate of drug-likeness (QED) is 0.753. The third-order valence-electron chi connectivity index (χ3n) is 3.40. The van der Waals surface area contributed by atoms with Gasteiger partial charge in [0.1, 0.15) is 5.75 Å². The summed E-state index contributed by atoms with van der Waals surface area (Å²) in [5.41, 5.74) is 1.21. The Morgan fingerprint density at radius 3 is 2.55 bits per heavy atom. The van der Waals surface area contributed by atoms with Crippen molar-refractivity contribution in [3.05, 3.63) is 29.8 Å². The van der Waals surface area contributed by atoms with E-state index in [-0.39, 0.29) is 12.5 Å². The van der Waals surface area contributed by atoms with E-state index in [1.54, 1.807) is 0 Å². The molecule has 4 heteroatoms. The highest BCUT2D eigenvalue weighted by atomic mass is 16.5. The summed E-state index contributed by atoms with van der Waals surface area (Å²) in [7, 11) is 2.02. The van der Waals surface area contributed by atoms with Gasteiger partial charge in [0, 0.05) is 12.5 Å². The van der Waals surface area contributed by atoms with Crippen LogP contribution in [0.4, 0.5) is 0 Å². The van der Waals surface area contributed by atoms with Crippen molar-refractivity contribution >= 4 is 5.97 Å². The predicted molar refractivity (Wildman–Crippen MR) is 80.1 cm³/mol. The van der Waals surface area contributed by atoms with E-state index >= 15 is 0 Å². The molecule has 0 aliphatic carbocycles. The molecule has 0 aromatic heterocycles. The van der Waals surface area contributed by atoms with Gasteiger partial charge in [-0.1, -0.05) is 19.1 Å². The van der Waals surface area contributed by atoms with Gasteiger partial charge in [-0.15, -0.1) is 0 Å². The molecule has 4 nitrogen and oxygen atoms in total. The van der Waals surface area contributed by atoms with Crippen molar-refractivity contribution in [1.82, 2.24) is 4.90 Å². The Hall–Kier alpha value is -1.55. The average Bonchev–Trinajstić information content (AvgIpc) is 2.44. The number of aliphatic carboxylic acids is 1. The molecule has 0 spiro atoms. The number of ether oxygens (including phenoxy) is 1. The molecule has 1 rings (SSSR count). The summed E-state index contributed by atoms with van der Waals surface area (Å²) in [6, 6.07) is 8.40. The summed E-state index contributed by atoms with van der Waals surface area (Å²) in [5.74, 6) is 0.166. The van der Waals surface area contributed by atoms with Crippen molar-refractivity contribution < 1.29 is 14.6 Å². The number of rotatable bonds is 9. The van der Waals surface area contributed by atoms with E-state index in [9.17, 15) is 4.79 Å². The Morgan fingerprint density at radius 2 is 2.00 bits per heavy atom. The molecule has 1 unspecified atom stereocenters. The van der Waals surface area contributed by atoms with Crippen LogP contribution in [0.5, 0.6) is 5.75 Å². The number of carboxylic acid groups (broad SMARTS) is 1. The van der Waals surface area contributed by atoms with Crippen molar-refractivity contribution in [3.63, 3.8) is 0 Å². The van der Waals surface area contributed by atoms with Crippen molar-refractivity contribution in [1.29, 1.82) is 0 Å². The molecule has 0 aliphatic heterocycles. The van der Waals surface area contributed by atoms with Crippen LogP contribution in [0.1, 0.15) is 44.7 Å². The van der Waals surface area contributed by atoms with Crippen molar-refractivity contribution in [3.8, 4) is 5.75 Å². The standard InChI is InChI=1S/C16H25NO3/c1-4-12-20-15-9-7-14(8-10-15)13(2)17(3)11-5-6-16(18)19/h7-10,13H,4-6,11-12H2,1-3H3,(H,18,19). The molecule has 0 aliphatic rings. The van der Waals surface area contributed by atoms with Gasteiger partial charge in [-0.25, -0.2) is 0 Å². The summed E-state index contributed by atoms with van der Waals surface area (Å²) in [4.78, 5) is 12.7. The second-order valence-electron chi connectivity index (χ2n) is 5.07. The van der Waals surface area contributed by atoms with Crippen LogP contribution >= 0.6 is 0 Å². The van der Waals surface area contributed by atoms with Gasteiger partial charge in [0.25, 0.3) is 0 Å². The van der Waals surface area contributed by atoms with Gasteiger partial charge in [-0.2, -0.15) is 0 Å². The lowest BCUT2D eigenvalue weighted by atomic mass is 10.1. The summed E-state index contributed by atoms with van der Waals surface area (Å²) in [6.45, 7) is 5.73. The summed E-state index contributed by atoms with van der Waals surface area (Å²) < 4.78 is 5.56. The lowest BCUT2D eigenvalue weighted by molar-refractivity contribution is -0.137. The molecule has 0 heterocycles. The van der Waals surface area contributed by atoms with Crippen LogP contribution in [0.15, 0.2) is 24.3 Å². The maximum absolute atomic E-state index is 10.5. The normalized spacial score (nSPS) is 12.4. The zero-order valence-corrected chi connectivity index (χ0v) is 12.6. The van der Waals surface area contributed by atoms with E-state index in [1.165, 1.54) is 5.56 Å². The van der Waals surface area contributed by atoms with Gasteiger partial charge in [-0.05, 0) is 51.1 Å². The second-order valence-corrected chi connectivity index (χ2v) is 5.07. The van der Waals surface area contributed by atoms with Crippen LogP contribution in [-0.2, 0) is 4.79 Å². The molecule has 1 aromatic rings. The Balaban J connectivity index is 2.49. The van der Waals surface area contributed by atoms with Crippen LogP contribution in [0.2, 0.25) is 0 Å². The minimum Gasteiger partial charge on any atom is -0.494 e. The van der Waals surface area contributed by atoms with Crippen LogP contribution < -0.4 is 4.74 Å². The highest BCUT2D eigenvalue weighted by molar-refractivity contribution is 5.66. The van der Waals surface area contributed by atoms with Crippen LogP contribution in [-0.4, -0.2) is 36.2 Å². The maximum Gasteiger partial charge on any atom is 0.303 e. The van der Waals surface area contributed by atoms with Gasteiger partial charge in [0.05, 0.1) is 6.61 Å². The van der Waals surface area contributed by atoms with E-state index in [0.29, 0.717) is 6.42 Å². The van der Waals surface area contributed by atoms with E-state index in [1.807, 2.05) is 19.2 Å². The van der Waals surface area contributed by atoms with Crippen molar-refractivity contribution in [2.24, 2.45) is 0 Å². The van der Waals surface area contributed by atoms with E-state index < -0.39 is 5.97 Å². The molecule has 0 fully saturated rings. The second kappa shape index (κ2) is 8.59. The lowest BCUT2D eigenvalue weighted by Crippen LogP contribution is -2.24. The monoisotopic (exact) mass is 279 g/mol. The molecule has 20 heavy (non-hydrogen) atoms. The molecular formula is C16H25NO3. The van der Waals surface area contributed by atoms with Crippen LogP contribution in [0.3, 0.4) is 0 Å². The third-order valence-corrected chi connectivity index (χ3v) is 3.40. The maximum atomic E-state index is 10.5. The molecule has 0 radical (unpaired) electrons. The molecule has 1 atom stereocenters. The van der Waals surface area contributed by atoms with Crippen molar-refractivity contribution in [2.45, 2.75) is 39.2 Å². The number of carbonyl (C=O) groups is 1. The largest absolute Gasteiger partial charge is 0.494 e. The van der Waals surface area contributed by atoms with E-state index in [2.05, 4.69) is 30.9 Å². The van der Waals surface area contributed by atoms with Crippen LogP contribution in [0.25, 0.3) is 0 Å². The van der Waals surface area contributed by atoms with E-state index in [4.69, 9.17) is 9.84 Å². The lowest BCUT2D eigenvalue weighted by Gasteiger charge is -2.25. The molecule has 0 saturated carbocycles. The van der Waals surface area contributed by atoms with Gasteiger partial charge >= 0.3 is 5.97 Å². The molecule has 0 saturated heterocycles. The Bertz CT molecular complexity index is 403. The average molecular weight is 279 g/mol. The molecule has 112 valence electrons. The fourth-order valence-corrected chi connectivity index (χ4v) is 1.99. The number of hydrogen-bond donors (Lipinski definition) is 1. The number of carboxylic acids is 1. The number of nitrogens with zero attached hydrogens (tertiary/aromatic N) is 1. The first-order valence-electron chi connectivity index (χ1n) is 7.19. The third kappa shape index (κ3) is 5.61. The highest BCUT2D eigenvalue weighted by Crippen LogP contribution is 2.22. The SMILES string of the molecule is CCCOc1ccc(C(C)N(C)CCCC(=O)O)cc1. The first-order chi connectivity index (χ1) is 9.54. The first-order valence-corrected chi connectivity index (χ1v) is 7.19. The fraction of sp³-hybridized carbons (Fsp3) is 0.562. The summed E-state index contributed by atoms with van der Waals surface area (Å²) in [5, 5.41) is 8.65. The van der Waals surface area contributed by atoms with Gasteiger partial charge in [-0.3, -0.25) is 9.69 Å². The van der Waals surface area contributed by atoms with Gasteiger partial charge in [0.15, 0.2) is 0 Å². The topological polar surface area (TPSA) is 49.8 Å². The van der Waals surface area contributed by atoms with Gasteiger partial charge in [0.2, 0.25) is 0 Å². The predicted octanol–water partition coefficient (Wildman–Crippen LogP) is 3.33. The Labute approximate surface area is 121 Å². The number of benzene rings is 1. The molecule has 0 bridgehead atoms. The molecule has 1 N–H and O–H groups in total. The molecule has 0 amide bonds. The first kappa shape index (κ1) is 16.5.